The molecule has 1 atom stereocenters. The van der Waals surface area contributed by atoms with Crippen LogP contribution < -0.4 is 4.74 Å². The molecule has 7 heteroatoms. The van der Waals surface area contributed by atoms with Crippen molar-refractivity contribution < 1.29 is 33.7 Å². The summed E-state index contributed by atoms with van der Waals surface area (Å²) in [6, 6.07) is 6.45. The van der Waals surface area contributed by atoms with Crippen LogP contribution in [0.5, 0.6) is 17.2 Å². The Hall–Kier alpha value is -3.35. The molecule has 1 aliphatic heterocycles. The maximum absolute atomic E-state index is 13.0. The normalized spacial score (nSPS) is 13.8. The molecular weight excluding hydrogens is 400 g/mol. The highest BCUT2D eigenvalue weighted by Crippen LogP contribution is 2.42. The lowest BCUT2D eigenvalue weighted by atomic mass is 9.90. The molecule has 3 rings (SSSR count). The van der Waals surface area contributed by atoms with Gasteiger partial charge in [-0.2, -0.15) is 0 Å². The van der Waals surface area contributed by atoms with E-state index in [4.69, 9.17) is 14.2 Å². The van der Waals surface area contributed by atoms with Crippen LogP contribution in [0.15, 0.2) is 24.3 Å². The number of esters is 2. The Morgan fingerprint density at radius 2 is 1.90 bits per heavy atom. The topological polar surface area (TPSA) is 99.1 Å². The number of aryl methyl sites for hydroxylation is 1. The summed E-state index contributed by atoms with van der Waals surface area (Å²) in [5.41, 5.74) is 1.77. The third-order valence-electron chi connectivity index (χ3n) is 4.96. The standard InChI is InChI=1S/C24H26O7/c1-12(2)8-20(30-15(5)26)17-6-7-19-22(21(17)14(4)25)24(28)29-11-16-9-13(3)10-18(27)23(16)31-19/h6-7,9-10,12,20,27H,8,11H2,1-5H3. The lowest BCUT2D eigenvalue weighted by Crippen LogP contribution is -2.20. The Bertz CT molecular complexity index is 1050. The smallest absolute Gasteiger partial charge is 0.343 e. The van der Waals surface area contributed by atoms with E-state index in [1.165, 1.54) is 19.9 Å². The number of ketones is 1. The van der Waals surface area contributed by atoms with Crippen LogP contribution in [0.4, 0.5) is 0 Å². The number of carbonyl (C=O) groups is 3. The molecule has 164 valence electrons. The molecule has 31 heavy (non-hydrogen) atoms. The molecule has 1 heterocycles. The third kappa shape index (κ3) is 4.71. The average Bonchev–Trinajstić information content (AvgIpc) is 2.65. The SMILES string of the molecule is CC(=O)OC(CC(C)C)c1ccc2c(c1C(C)=O)C(=O)OCc1cc(C)cc(O)c1O2. The van der Waals surface area contributed by atoms with Gasteiger partial charge in [-0.1, -0.05) is 19.9 Å². The molecule has 1 unspecified atom stereocenters. The second-order valence-corrected chi connectivity index (χ2v) is 8.14. The molecule has 2 aromatic carbocycles. The number of aromatic hydroxyl groups is 1. The summed E-state index contributed by atoms with van der Waals surface area (Å²) >= 11 is 0. The molecule has 0 radical (unpaired) electrons. The van der Waals surface area contributed by atoms with Crippen molar-refractivity contribution >= 4 is 17.7 Å². The van der Waals surface area contributed by atoms with E-state index in [1.54, 1.807) is 25.1 Å². The van der Waals surface area contributed by atoms with Gasteiger partial charge >= 0.3 is 11.9 Å². The molecule has 0 aromatic heterocycles. The second kappa shape index (κ2) is 8.79. The predicted octanol–water partition coefficient (Wildman–Crippen LogP) is 5.02. The molecule has 2 aromatic rings. The number of phenols is 1. The number of ether oxygens (including phenoxy) is 3. The number of carbonyl (C=O) groups excluding carboxylic acids is 3. The van der Waals surface area contributed by atoms with E-state index >= 15 is 0 Å². The summed E-state index contributed by atoms with van der Waals surface area (Å²) in [6.07, 6.45) is -0.236. The van der Waals surface area contributed by atoms with Crippen molar-refractivity contribution in [2.75, 3.05) is 0 Å². The molecular formula is C24H26O7. The quantitative estimate of drug-likeness (QED) is 0.529. The first-order valence-electron chi connectivity index (χ1n) is 10.1. The maximum atomic E-state index is 13.0. The predicted molar refractivity (Wildman–Crippen MR) is 112 cm³/mol. The zero-order chi connectivity index (χ0) is 22.9. The molecule has 0 aliphatic carbocycles. The molecule has 0 spiro atoms. The fraction of sp³-hybridized carbons (Fsp3) is 0.375. The van der Waals surface area contributed by atoms with E-state index in [0.717, 1.165) is 5.56 Å². The Balaban J connectivity index is 2.21. The van der Waals surface area contributed by atoms with Gasteiger partial charge in [-0.25, -0.2) is 4.79 Å². The Kier molecular flexibility index (Phi) is 6.34. The van der Waals surface area contributed by atoms with E-state index in [0.29, 0.717) is 17.5 Å². The van der Waals surface area contributed by atoms with Gasteiger partial charge in [0.1, 0.15) is 24.0 Å². The van der Waals surface area contributed by atoms with Crippen LogP contribution in [0.1, 0.15) is 77.6 Å². The van der Waals surface area contributed by atoms with Gasteiger partial charge in [0.2, 0.25) is 0 Å². The van der Waals surface area contributed by atoms with Crippen LogP contribution in [0, 0.1) is 12.8 Å². The number of phenolic OH excluding ortho intramolecular Hbond substituents is 1. The molecule has 0 saturated carbocycles. The largest absolute Gasteiger partial charge is 0.504 e. The summed E-state index contributed by atoms with van der Waals surface area (Å²) in [5, 5.41) is 10.4. The van der Waals surface area contributed by atoms with Crippen LogP contribution in [0.3, 0.4) is 0 Å². The number of Topliss-reactive ketones (excluding diaryl/α,β-unsaturated/α-hetero) is 1. The van der Waals surface area contributed by atoms with Crippen LogP contribution in [-0.2, 0) is 20.9 Å². The summed E-state index contributed by atoms with van der Waals surface area (Å²) in [4.78, 5) is 37.3. The zero-order valence-corrected chi connectivity index (χ0v) is 18.3. The zero-order valence-electron chi connectivity index (χ0n) is 18.3. The highest BCUT2D eigenvalue weighted by molar-refractivity contribution is 6.08. The fourth-order valence-corrected chi connectivity index (χ4v) is 3.78. The van der Waals surface area contributed by atoms with Crippen LogP contribution in [-0.4, -0.2) is 22.8 Å². The van der Waals surface area contributed by atoms with Crippen LogP contribution in [0.2, 0.25) is 0 Å². The van der Waals surface area contributed by atoms with Gasteiger partial charge in [0, 0.05) is 23.6 Å². The van der Waals surface area contributed by atoms with Crippen molar-refractivity contribution in [3.63, 3.8) is 0 Å². The average molecular weight is 426 g/mol. The van der Waals surface area contributed by atoms with E-state index in [1.807, 2.05) is 13.8 Å². The minimum absolute atomic E-state index is 0.0449. The van der Waals surface area contributed by atoms with Gasteiger partial charge in [-0.05, 0) is 49.9 Å². The van der Waals surface area contributed by atoms with Crippen molar-refractivity contribution in [1.29, 1.82) is 0 Å². The van der Waals surface area contributed by atoms with Crippen LogP contribution in [0.25, 0.3) is 0 Å². The van der Waals surface area contributed by atoms with Gasteiger partial charge in [0.25, 0.3) is 0 Å². The molecule has 0 bridgehead atoms. The minimum Gasteiger partial charge on any atom is -0.504 e. The molecule has 0 amide bonds. The van der Waals surface area contributed by atoms with E-state index in [2.05, 4.69) is 0 Å². The first-order valence-corrected chi connectivity index (χ1v) is 10.1. The highest BCUT2D eigenvalue weighted by Gasteiger charge is 2.32. The molecule has 1 aliphatic rings. The van der Waals surface area contributed by atoms with Gasteiger partial charge in [-0.15, -0.1) is 0 Å². The maximum Gasteiger partial charge on any atom is 0.343 e. The first-order chi connectivity index (χ1) is 14.6. The fourth-order valence-electron chi connectivity index (χ4n) is 3.78. The molecule has 0 saturated heterocycles. The first kappa shape index (κ1) is 22.3. The number of hydrogen-bond acceptors (Lipinski definition) is 7. The van der Waals surface area contributed by atoms with Crippen molar-refractivity contribution in [2.45, 2.75) is 53.8 Å². The second-order valence-electron chi connectivity index (χ2n) is 8.14. The molecule has 0 fully saturated rings. The molecule has 1 N–H and O–H groups in total. The Labute approximate surface area is 180 Å². The van der Waals surface area contributed by atoms with Gasteiger partial charge < -0.3 is 19.3 Å². The van der Waals surface area contributed by atoms with Gasteiger partial charge in [0.05, 0.1) is 0 Å². The lowest BCUT2D eigenvalue weighted by molar-refractivity contribution is -0.147. The summed E-state index contributed by atoms with van der Waals surface area (Å²) in [5.74, 6) is -1.26. The van der Waals surface area contributed by atoms with E-state index < -0.39 is 18.0 Å². The van der Waals surface area contributed by atoms with Crippen LogP contribution >= 0.6 is 0 Å². The van der Waals surface area contributed by atoms with Crippen molar-refractivity contribution in [1.82, 2.24) is 0 Å². The monoisotopic (exact) mass is 426 g/mol. The number of fused-ring (bicyclic) bond motifs is 2. The Morgan fingerprint density at radius 3 is 2.52 bits per heavy atom. The summed E-state index contributed by atoms with van der Waals surface area (Å²) < 4.78 is 16.8. The number of hydrogen-bond donors (Lipinski definition) is 1. The van der Waals surface area contributed by atoms with E-state index in [-0.39, 0.29) is 46.7 Å². The Morgan fingerprint density at radius 1 is 1.19 bits per heavy atom. The summed E-state index contributed by atoms with van der Waals surface area (Å²) in [7, 11) is 0. The third-order valence-corrected chi connectivity index (χ3v) is 4.96. The van der Waals surface area contributed by atoms with Crippen molar-refractivity contribution in [3.8, 4) is 17.2 Å². The van der Waals surface area contributed by atoms with Crippen molar-refractivity contribution in [2.24, 2.45) is 5.92 Å². The minimum atomic E-state index is -0.722. The van der Waals surface area contributed by atoms with E-state index in [9.17, 15) is 19.5 Å². The number of rotatable bonds is 5. The lowest BCUT2D eigenvalue weighted by Gasteiger charge is -2.25. The number of cyclic esters (lactones) is 1. The number of benzene rings is 2. The summed E-state index contributed by atoms with van der Waals surface area (Å²) in [6.45, 7) is 8.25. The highest BCUT2D eigenvalue weighted by atomic mass is 16.5. The van der Waals surface area contributed by atoms with Gasteiger partial charge in [0.15, 0.2) is 17.3 Å². The van der Waals surface area contributed by atoms with Crippen molar-refractivity contribution in [3.05, 3.63) is 52.1 Å². The van der Waals surface area contributed by atoms with Gasteiger partial charge in [-0.3, -0.25) is 9.59 Å². The molecule has 7 nitrogen and oxygen atoms in total.